The monoisotopic (exact) mass is 494 g/mol. The number of amides is 2. The second kappa shape index (κ2) is 13.0. The minimum Gasteiger partial charge on any atom is -0.374 e. The first-order valence-corrected chi connectivity index (χ1v) is 12.5. The number of hydrogen-bond acceptors (Lipinski definition) is 5. The van der Waals surface area contributed by atoms with Gasteiger partial charge in [0.25, 0.3) is 0 Å². The Balaban J connectivity index is 1.93. The van der Waals surface area contributed by atoms with Gasteiger partial charge in [-0.2, -0.15) is 5.26 Å². The maximum atomic E-state index is 14.4. The average Bonchev–Trinajstić information content (AvgIpc) is 2.87. The Morgan fingerprint density at radius 2 is 1.89 bits per heavy atom. The first-order valence-electron chi connectivity index (χ1n) is 12.5. The van der Waals surface area contributed by atoms with Gasteiger partial charge in [0.1, 0.15) is 18.2 Å². The average molecular weight is 495 g/mol. The Hall–Kier alpha value is -3.44. The number of rotatable bonds is 10. The molecular weight excluding hydrogens is 459 g/mol. The van der Waals surface area contributed by atoms with E-state index in [9.17, 15) is 14.0 Å². The molecule has 0 aliphatic heterocycles. The number of nitrogens with zero attached hydrogens (tertiary/aromatic N) is 2. The van der Waals surface area contributed by atoms with E-state index in [0.29, 0.717) is 24.1 Å². The van der Waals surface area contributed by atoms with Crippen LogP contribution >= 0.6 is 0 Å². The van der Waals surface area contributed by atoms with Crippen LogP contribution in [0.15, 0.2) is 36.4 Å². The summed E-state index contributed by atoms with van der Waals surface area (Å²) < 4.78 is 19.6. The quantitative estimate of drug-likeness (QED) is 0.402. The Bertz CT molecular complexity index is 1090. The summed E-state index contributed by atoms with van der Waals surface area (Å²) in [5.41, 5.74) is 2.48. The van der Waals surface area contributed by atoms with Crippen LogP contribution in [-0.4, -0.2) is 38.1 Å². The van der Waals surface area contributed by atoms with Gasteiger partial charge in [-0.25, -0.2) is 9.18 Å². The van der Waals surface area contributed by atoms with Crippen LogP contribution in [0.25, 0.3) is 0 Å². The molecule has 192 valence electrons. The fraction of sp³-hybridized carbons (Fsp3) is 0.464. The van der Waals surface area contributed by atoms with E-state index in [1.807, 2.05) is 24.3 Å². The number of hydrogen-bond donors (Lipinski definition) is 2. The highest BCUT2D eigenvalue weighted by Crippen LogP contribution is 2.34. The molecule has 0 spiro atoms. The molecule has 1 aliphatic rings. The predicted molar refractivity (Wildman–Crippen MR) is 140 cm³/mol. The normalized spacial score (nSPS) is 14.7. The third kappa shape index (κ3) is 7.28. The Morgan fingerprint density at radius 1 is 1.17 bits per heavy atom. The second-order valence-corrected chi connectivity index (χ2v) is 9.69. The number of nitriles is 1. The SMILES string of the molecule is COC(C=O)Cc1ccc(N(CC(C)C)C2CCCCC2)c(NC(=O)Nc2ccc(C#N)cc2F)c1. The minimum absolute atomic E-state index is 0.0177. The number of halogens is 1. The van der Waals surface area contributed by atoms with Crippen molar-refractivity contribution in [2.75, 3.05) is 29.2 Å². The molecule has 1 aliphatic carbocycles. The van der Waals surface area contributed by atoms with Crippen molar-refractivity contribution in [3.63, 3.8) is 0 Å². The molecule has 0 saturated heterocycles. The van der Waals surface area contributed by atoms with Crippen LogP contribution in [0.2, 0.25) is 0 Å². The zero-order valence-electron chi connectivity index (χ0n) is 21.2. The highest BCUT2D eigenvalue weighted by atomic mass is 19.1. The highest BCUT2D eigenvalue weighted by Gasteiger charge is 2.25. The van der Waals surface area contributed by atoms with E-state index in [1.54, 1.807) is 0 Å². The molecule has 2 aromatic rings. The Kier molecular flexibility index (Phi) is 9.83. The van der Waals surface area contributed by atoms with Crippen LogP contribution in [0, 0.1) is 23.1 Å². The summed E-state index contributed by atoms with van der Waals surface area (Å²) in [7, 11) is 1.49. The second-order valence-electron chi connectivity index (χ2n) is 9.69. The molecule has 2 amide bonds. The fourth-order valence-electron chi connectivity index (χ4n) is 4.67. The third-order valence-corrected chi connectivity index (χ3v) is 6.43. The van der Waals surface area contributed by atoms with E-state index in [4.69, 9.17) is 10.00 Å². The maximum absolute atomic E-state index is 14.4. The molecule has 0 bridgehead atoms. The summed E-state index contributed by atoms with van der Waals surface area (Å²) in [6.07, 6.45) is 6.30. The topological polar surface area (TPSA) is 94.5 Å². The molecule has 0 aromatic heterocycles. The summed E-state index contributed by atoms with van der Waals surface area (Å²) >= 11 is 0. The minimum atomic E-state index is -0.685. The van der Waals surface area contributed by atoms with E-state index in [1.165, 1.54) is 38.5 Å². The van der Waals surface area contributed by atoms with E-state index in [2.05, 4.69) is 29.4 Å². The number of aldehydes is 1. The molecule has 2 N–H and O–H groups in total. The number of benzene rings is 2. The number of methoxy groups -OCH3 is 1. The van der Waals surface area contributed by atoms with Gasteiger partial charge in [0.15, 0.2) is 0 Å². The van der Waals surface area contributed by atoms with E-state index in [-0.39, 0.29) is 11.3 Å². The van der Waals surface area contributed by atoms with Crippen molar-refractivity contribution in [2.45, 2.75) is 64.5 Å². The summed E-state index contributed by atoms with van der Waals surface area (Å²) in [4.78, 5) is 26.6. The first kappa shape index (κ1) is 27.2. The smallest absolute Gasteiger partial charge is 0.323 e. The molecule has 2 aromatic carbocycles. The predicted octanol–water partition coefficient (Wildman–Crippen LogP) is 5.89. The highest BCUT2D eigenvalue weighted by molar-refractivity contribution is 6.02. The van der Waals surface area contributed by atoms with Gasteiger partial charge in [0.05, 0.1) is 28.7 Å². The molecule has 3 rings (SSSR count). The van der Waals surface area contributed by atoms with Gasteiger partial charge < -0.3 is 25.1 Å². The van der Waals surface area contributed by atoms with Gasteiger partial charge >= 0.3 is 6.03 Å². The maximum Gasteiger partial charge on any atom is 0.323 e. The van der Waals surface area contributed by atoms with Crippen LogP contribution in [0.4, 0.5) is 26.2 Å². The van der Waals surface area contributed by atoms with E-state index >= 15 is 0 Å². The summed E-state index contributed by atoms with van der Waals surface area (Å²) in [5, 5.41) is 14.4. The molecule has 0 radical (unpaired) electrons. The van der Waals surface area contributed by atoms with Crippen molar-refractivity contribution < 1.29 is 18.7 Å². The Morgan fingerprint density at radius 3 is 2.50 bits per heavy atom. The molecule has 8 heteroatoms. The van der Waals surface area contributed by atoms with Crippen LogP contribution in [-0.2, 0) is 16.0 Å². The Labute approximate surface area is 212 Å². The number of carbonyl (C=O) groups is 2. The zero-order chi connectivity index (χ0) is 26.1. The standard InChI is InChI=1S/C28H35FN4O3/c1-19(2)17-33(22-7-5-4-6-8-22)27-12-10-20(13-23(18-34)36-3)15-26(27)32-28(35)31-25-11-9-21(16-30)14-24(25)29/h9-12,14-15,18-19,22-23H,4-8,13,17H2,1-3H3,(H2,31,32,35). The van der Waals surface area contributed by atoms with Crippen LogP contribution < -0.4 is 15.5 Å². The van der Waals surface area contributed by atoms with Gasteiger partial charge in [-0.05, 0) is 54.7 Å². The third-order valence-electron chi connectivity index (χ3n) is 6.43. The lowest BCUT2D eigenvalue weighted by atomic mass is 9.92. The van der Waals surface area contributed by atoms with Crippen LogP contribution in [0.1, 0.15) is 57.1 Å². The van der Waals surface area contributed by atoms with Crippen LogP contribution in [0.3, 0.4) is 0 Å². The van der Waals surface area contributed by atoms with Gasteiger partial charge in [-0.1, -0.05) is 39.2 Å². The molecule has 1 saturated carbocycles. The van der Waals surface area contributed by atoms with Crippen molar-refractivity contribution in [1.82, 2.24) is 0 Å². The van der Waals surface area contributed by atoms with Crippen LogP contribution in [0.5, 0.6) is 0 Å². The number of urea groups is 1. The lowest BCUT2D eigenvalue weighted by Gasteiger charge is -2.38. The molecule has 1 fully saturated rings. The largest absolute Gasteiger partial charge is 0.374 e. The summed E-state index contributed by atoms with van der Waals surface area (Å²) in [6, 6.07) is 11.4. The zero-order valence-corrected chi connectivity index (χ0v) is 21.2. The van der Waals surface area contributed by atoms with Gasteiger partial charge in [0.2, 0.25) is 0 Å². The molecule has 1 unspecified atom stereocenters. The molecular formula is C28H35FN4O3. The molecule has 0 heterocycles. The van der Waals surface area contributed by atoms with Gasteiger partial charge in [0, 0.05) is 26.1 Å². The lowest BCUT2D eigenvalue weighted by Crippen LogP contribution is -2.40. The number of carbonyl (C=O) groups excluding carboxylic acids is 2. The number of nitrogens with one attached hydrogen (secondary N) is 2. The van der Waals surface area contributed by atoms with Gasteiger partial charge in [-0.3, -0.25) is 0 Å². The fourth-order valence-corrected chi connectivity index (χ4v) is 4.67. The van der Waals surface area contributed by atoms with Gasteiger partial charge in [-0.15, -0.1) is 0 Å². The first-order chi connectivity index (χ1) is 17.3. The van der Waals surface area contributed by atoms with E-state index in [0.717, 1.165) is 43.0 Å². The molecule has 7 nitrogen and oxygen atoms in total. The van der Waals surface area contributed by atoms with Crippen molar-refractivity contribution >= 4 is 29.4 Å². The number of ether oxygens (including phenoxy) is 1. The van der Waals surface area contributed by atoms with Crippen molar-refractivity contribution in [3.05, 3.63) is 53.3 Å². The molecule has 1 atom stereocenters. The van der Waals surface area contributed by atoms with Crippen molar-refractivity contribution in [3.8, 4) is 6.07 Å². The molecule has 36 heavy (non-hydrogen) atoms. The van der Waals surface area contributed by atoms with Crippen molar-refractivity contribution in [1.29, 1.82) is 5.26 Å². The number of anilines is 3. The van der Waals surface area contributed by atoms with Crippen molar-refractivity contribution in [2.24, 2.45) is 5.92 Å². The summed E-state index contributed by atoms with van der Waals surface area (Å²) in [5.74, 6) is -0.273. The van der Waals surface area contributed by atoms with E-state index < -0.39 is 18.0 Å². The summed E-state index contributed by atoms with van der Waals surface area (Å²) in [6.45, 7) is 5.18. The lowest BCUT2D eigenvalue weighted by molar-refractivity contribution is -0.116.